The van der Waals surface area contributed by atoms with Crippen LogP contribution in [0.1, 0.15) is 0 Å². The van der Waals surface area contributed by atoms with Crippen LogP contribution < -0.4 is 15.6 Å². The Balaban J connectivity index is 0.000000182. The van der Waals surface area contributed by atoms with Crippen LogP contribution in [0.15, 0.2) is 66.9 Å². The molecule has 0 spiro atoms. The van der Waals surface area contributed by atoms with E-state index in [4.69, 9.17) is 10.2 Å². The largest absolute Gasteiger partial charge is 0.515 e. The zero-order chi connectivity index (χ0) is 17.6. The Kier molecular flexibility index (Phi) is 5.51. The Hall–Kier alpha value is -2.90. The first kappa shape index (κ1) is 17.5. The summed E-state index contributed by atoms with van der Waals surface area (Å²) in [6.45, 7) is 0. The molecular formula is C17H16N2O4S. The van der Waals surface area contributed by atoms with E-state index in [0.29, 0.717) is 6.26 Å². The molecule has 24 heavy (non-hydrogen) atoms. The average Bonchev–Trinajstić information content (AvgIpc) is 2.61. The molecule has 0 unspecified atom stereocenters. The molecule has 6 nitrogen and oxygen atoms in total. The molecule has 0 radical (unpaired) electrons. The fraction of sp³-hybridized carbons (Fsp3) is 0. The molecule has 3 aromatic rings. The number of pyridine rings is 1. The van der Waals surface area contributed by atoms with E-state index < -0.39 is 15.1 Å². The molecule has 124 valence electrons. The van der Waals surface area contributed by atoms with Crippen molar-refractivity contribution in [1.29, 1.82) is 0 Å². The van der Waals surface area contributed by atoms with Crippen molar-refractivity contribution in [3.63, 3.8) is 0 Å². The summed E-state index contributed by atoms with van der Waals surface area (Å²) in [5, 5.41) is 23.1. The van der Waals surface area contributed by atoms with Crippen LogP contribution in [0.2, 0.25) is 0 Å². The maximum atomic E-state index is 10.8. The monoisotopic (exact) mass is 344 g/mol. The van der Waals surface area contributed by atoms with Crippen molar-refractivity contribution in [3.8, 4) is 0 Å². The van der Waals surface area contributed by atoms with Crippen molar-refractivity contribution < 1.29 is 18.6 Å². The Labute approximate surface area is 138 Å². The predicted octanol–water partition coefficient (Wildman–Crippen LogP) is 1.13. The topological polar surface area (TPSA) is 114 Å². The van der Waals surface area contributed by atoms with Crippen LogP contribution >= 0.6 is 0 Å². The van der Waals surface area contributed by atoms with E-state index in [2.05, 4.69) is 17.1 Å². The van der Waals surface area contributed by atoms with Gasteiger partial charge in [-0.1, -0.05) is 42.5 Å². The van der Waals surface area contributed by atoms with Gasteiger partial charge in [0, 0.05) is 22.0 Å². The molecule has 0 atom stereocenters. The second-order valence-electron chi connectivity index (χ2n) is 4.76. The molecule has 0 fully saturated rings. The third kappa shape index (κ3) is 4.31. The van der Waals surface area contributed by atoms with Gasteiger partial charge in [-0.3, -0.25) is 4.98 Å². The van der Waals surface area contributed by atoms with Gasteiger partial charge in [0.25, 0.3) is 10.0 Å². The van der Waals surface area contributed by atoms with E-state index in [1.807, 2.05) is 30.5 Å². The van der Waals surface area contributed by atoms with E-state index in [1.54, 1.807) is 6.07 Å². The molecule has 0 aliphatic carbocycles. The van der Waals surface area contributed by atoms with E-state index in [-0.39, 0.29) is 10.4 Å². The van der Waals surface area contributed by atoms with Gasteiger partial charge >= 0.3 is 0 Å². The standard InChI is InChI=1S/C9H7N.C8H9NO4S/c1-2-6-9-8(4-1)5-3-7-10-9;9-14(12,13)8(11)7-4-2-1-3-6(7)5-10/h1-7H;1-5,10-11H,(H2,9,12,13). The fourth-order valence-electron chi connectivity index (χ4n) is 1.97. The number of rotatable bonds is 1. The van der Waals surface area contributed by atoms with Crippen LogP contribution in [0, 0.1) is 0 Å². The molecule has 0 bridgehead atoms. The van der Waals surface area contributed by atoms with E-state index in [1.165, 1.54) is 23.6 Å². The molecule has 3 rings (SSSR count). The van der Waals surface area contributed by atoms with Gasteiger partial charge < -0.3 is 10.2 Å². The number of hydrogen-bond acceptors (Lipinski definition) is 5. The Morgan fingerprint density at radius 2 is 1.62 bits per heavy atom. The summed E-state index contributed by atoms with van der Waals surface area (Å²) in [6.07, 6.45) is 2.50. The highest BCUT2D eigenvalue weighted by Crippen LogP contribution is 2.07. The van der Waals surface area contributed by atoms with Gasteiger partial charge in [-0.05, 0) is 18.2 Å². The van der Waals surface area contributed by atoms with E-state index >= 15 is 0 Å². The van der Waals surface area contributed by atoms with Gasteiger partial charge in [-0.25, -0.2) is 13.6 Å². The summed E-state index contributed by atoms with van der Waals surface area (Å²) in [6, 6.07) is 18.0. The number of primary sulfonamides is 1. The second-order valence-corrected chi connectivity index (χ2v) is 6.24. The molecule has 0 aliphatic rings. The molecule has 4 N–H and O–H groups in total. The Morgan fingerprint density at radius 3 is 2.29 bits per heavy atom. The minimum absolute atomic E-state index is 0.0301. The fourth-order valence-corrected chi connectivity index (χ4v) is 2.47. The molecule has 0 aliphatic heterocycles. The number of fused-ring (bicyclic) bond motifs is 1. The van der Waals surface area contributed by atoms with Crippen molar-refractivity contribution in [2.24, 2.45) is 5.14 Å². The minimum Gasteiger partial charge on any atom is -0.515 e. The lowest BCUT2D eigenvalue weighted by molar-refractivity contribution is 0.507. The molecule has 0 saturated carbocycles. The summed E-state index contributed by atoms with van der Waals surface area (Å²) >= 11 is 0. The smallest absolute Gasteiger partial charge is 0.271 e. The summed E-state index contributed by atoms with van der Waals surface area (Å²) in [5.41, 5.74) is 1.06. The lowest BCUT2D eigenvalue weighted by Crippen LogP contribution is -2.31. The molecule has 2 aromatic carbocycles. The van der Waals surface area contributed by atoms with Crippen molar-refractivity contribution in [2.45, 2.75) is 0 Å². The van der Waals surface area contributed by atoms with Crippen molar-refractivity contribution in [3.05, 3.63) is 77.3 Å². The Bertz CT molecular complexity index is 998. The zero-order valence-corrected chi connectivity index (χ0v) is 13.4. The average molecular weight is 344 g/mol. The Morgan fingerprint density at radius 1 is 1.00 bits per heavy atom. The summed E-state index contributed by atoms with van der Waals surface area (Å²) < 4.78 is 21.6. The van der Waals surface area contributed by atoms with Crippen LogP contribution in [-0.2, 0) is 10.0 Å². The number of aliphatic hydroxyl groups is 2. The number of para-hydroxylation sites is 1. The second kappa shape index (κ2) is 7.58. The minimum atomic E-state index is -4.15. The maximum absolute atomic E-state index is 10.8. The highest BCUT2D eigenvalue weighted by molar-refractivity contribution is 7.97. The number of benzene rings is 2. The summed E-state index contributed by atoms with van der Waals surface area (Å²) in [4.78, 5) is 4.18. The van der Waals surface area contributed by atoms with Crippen molar-refractivity contribution in [1.82, 2.24) is 4.98 Å². The SMILES string of the molecule is NS(=O)(=O)C(O)=c1ccccc1=CO.c1ccc2ncccc2c1. The molecule has 7 heteroatoms. The lowest BCUT2D eigenvalue weighted by Gasteiger charge is -1.95. The molecule has 0 saturated heterocycles. The third-order valence-electron chi connectivity index (χ3n) is 3.11. The normalized spacial score (nSPS) is 13.1. The number of nitrogens with zero attached hydrogens (tertiary/aromatic N) is 1. The first-order chi connectivity index (χ1) is 11.4. The number of hydrogen-bond donors (Lipinski definition) is 3. The van der Waals surface area contributed by atoms with Gasteiger partial charge in [0.1, 0.15) is 0 Å². The van der Waals surface area contributed by atoms with Gasteiger partial charge in [0.15, 0.2) is 0 Å². The number of aliphatic hydroxyl groups excluding tert-OH is 2. The maximum Gasteiger partial charge on any atom is 0.271 e. The third-order valence-corrected chi connectivity index (χ3v) is 3.87. The molecule has 1 aromatic heterocycles. The van der Waals surface area contributed by atoms with E-state index in [9.17, 15) is 13.5 Å². The molecule has 1 heterocycles. The van der Waals surface area contributed by atoms with Crippen LogP contribution in [0.3, 0.4) is 0 Å². The predicted molar refractivity (Wildman–Crippen MR) is 93.7 cm³/mol. The zero-order valence-electron chi connectivity index (χ0n) is 12.6. The van der Waals surface area contributed by atoms with E-state index in [0.717, 1.165) is 5.52 Å². The van der Waals surface area contributed by atoms with Crippen LogP contribution in [0.4, 0.5) is 0 Å². The summed E-state index contributed by atoms with van der Waals surface area (Å²) in [7, 11) is -4.15. The van der Waals surface area contributed by atoms with Crippen LogP contribution in [-0.4, -0.2) is 23.6 Å². The molecular weight excluding hydrogens is 328 g/mol. The van der Waals surface area contributed by atoms with Gasteiger partial charge in [0.05, 0.1) is 11.8 Å². The molecule has 0 amide bonds. The summed E-state index contributed by atoms with van der Waals surface area (Å²) in [5.74, 6) is 0. The van der Waals surface area contributed by atoms with Crippen LogP contribution in [0.25, 0.3) is 22.3 Å². The van der Waals surface area contributed by atoms with Gasteiger partial charge in [0.2, 0.25) is 5.09 Å². The number of sulfonamides is 1. The van der Waals surface area contributed by atoms with Gasteiger partial charge in [-0.15, -0.1) is 0 Å². The lowest BCUT2D eigenvalue weighted by atomic mass is 10.2. The highest BCUT2D eigenvalue weighted by atomic mass is 32.2. The highest BCUT2D eigenvalue weighted by Gasteiger charge is 2.10. The first-order valence-corrected chi connectivity index (χ1v) is 8.43. The first-order valence-electron chi connectivity index (χ1n) is 6.89. The van der Waals surface area contributed by atoms with Crippen LogP contribution in [0.5, 0.6) is 0 Å². The van der Waals surface area contributed by atoms with Crippen molar-refractivity contribution in [2.75, 3.05) is 0 Å². The number of aromatic nitrogens is 1. The van der Waals surface area contributed by atoms with Crippen molar-refractivity contribution >= 4 is 32.3 Å². The van der Waals surface area contributed by atoms with Gasteiger partial charge in [-0.2, -0.15) is 0 Å². The number of nitrogens with two attached hydrogens (primary N) is 1. The quantitative estimate of drug-likeness (QED) is 0.612.